The summed E-state index contributed by atoms with van der Waals surface area (Å²) in [6, 6.07) is 19.5. The molecule has 8 nitrogen and oxygen atoms in total. The van der Waals surface area contributed by atoms with E-state index in [0.717, 1.165) is 10.9 Å². The van der Waals surface area contributed by atoms with Crippen LogP contribution < -0.4 is 16.6 Å². The van der Waals surface area contributed by atoms with E-state index in [1.165, 1.54) is 18.4 Å². The number of aromatic nitrogens is 3. The number of aliphatic hydroxyl groups excluding tert-OH is 1. The molecular formula is C33H34N6O2. The Morgan fingerprint density at radius 1 is 1.20 bits per heavy atom. The average molecular weight is 547 g/mol. The first-order valence-corrected chi connectivity index (χ1v) is 13.7. The van der Waals surface area contributed by atoms with E-state index in [9.17, 15) is 9.90 Å². The van der Waals surface area contributed by atoms with Gasteiger partial charge in [0, 0.05) is 36.2 Å². The molecule has 1 aliphatic rings. The minimum atomic E-state index is -0.408. The number of fused-ring (bicyclic) bond motifs is 1. The Morgan fingerprint density at radius 3 is 2.66 bits per heavy atom. The number of hydrogen-bond acceptors (Lipinski definition) is 6. The van der Waals surface area contributed by atoms with Crippen molar-refractivity contribution in [2.45, 2.75) is 31.6 Å². The number of anilines is 2. The third kappa shape index (κ3) is 6.02. The van der Waals surface area contributed by atoms with Gasteiger partial charge in [0.25, 0.3) is 5.56 Å². The Balaban J connectivity index is 1.56. The van der Waals surface area contributed by atoms with Gasteiger partial charge in [0.15, 0.2) is 0 Å². The Morgan fingerprint density at radius 2 is 1.98 bits per heavy atom. The van der Waals surface area contributed by atoms with Crippen LogP contribution in [-0.4, -0.2) is 39.1 Å². The molecular weight excluding hydrogens is 512 g/mol. The van der Waals surface area contributed by atoms with Crippen molar-refractivity contribution in [2.75, 3.05) is 24.7 Å². The number of nitrogens with two attached hydrogens (primary N) is 1. The third-order valence-electron chi connectivity index (χ3n) is 7.37. The molecule has 0 saturated heterocycles. The molecule has 2 heterocycles. The van der Waals surface area contributed by atoms with E-state index >= 15 is 0 Å². The molecule has 1 unspecified atom stereocenters. The second-order valence-electron chi connectivity index (χ2n) is 10.1. The standard InChI is InChI=1S/C33H34N6O2/c1-4-5-11-29(39-17-16-25-18-24(22-12-13-22)14-15-26(25)32(39)41)27(20-40)21(2)28-19-30(38-33(34)36-28)37-31(35-3)23-9-7-6-8-10-23/h4-11,14-19,21-22,40H,1,12-13,20H2,2-3H3,(H3,34,35,36,37,38)/b11-5-,29-27+. The van der Waals surface area contributed by atoms with Crippen LogP contribution >= 0.6 is 0 Å². The van der Waals surface area contributed by atoms with E-state index in [1.807, 2.05) is 55.5 Å². The summed E-state index contributed by atoms with van der Waals surface area (Å²) in [5.41, 5.74) is 9.85. The summed E-state index contributed by atoms with van der Waals surface area (Å²) in [5, 5.41) is 15.4. The highest BCUT2D eigenvalue weighted by atomic mass is 16.3. The predicted octanol–water partition coefficient (Wildman–Crippen LogP) is 5.49. The molecule has 1 atom stereocenters. The Hall–Kier alpha value is -4.82. The van der Waals surface area contributed by atoms with Gasteiger partial charge in [0.1, 0.15) is 11.7 Å². The molecule has 1 aliphatic carbocycles. The summed E-state index contributed by atoms with van der Waals surface area (Å²) < 4.78 is 1.57. The molecule has 8 heteroatoms. The number of pyridine rings is 1. The van der Waals surface area contributed by atoms with Crippen LogP contribution in [0.1, 0.15) is 48.4 Å². The maximum absolute atomic E-state index is 13.7. The minimum absolute atomic E-state index is 0.0789. The molecule has 0 aliphatic heterocycles. The zero-order valence-corrected chi connectivity index (χ0v) is 23.3. The number of allylic oxidation sites excluding steroid dienone is 4. The normalized spacial score (nSPS) is 15.1. The van der Waals surface area contributed by atoms with E-state index in [2.05, 4.69) is 32.9 Å². The van der Waals surface area contributed by atoms with Crippen LogP contribution in [0, 0.1) is 0 Å². The van der Waals surface area contributed by atoms with Gasteiger partial charge in [-0.15, -0.1) is 0 Å². The number of rotatable bonds is 9. The van der Waals surface area contributed by atoms with E-state index in [4.69, 9.17) is 5.73 Å². The summed E-state index contributed by atoms with van der Waals surface area (Å²) in [7, 11) is 1.70. The van der Waals surface area contributed by atoms with Crippen LogP contribution in [0.5, 0.6) is 0 Å². The first-order valence-electron chi connectivity index (χ1n) is 13.7. The molecule has 1 fully saturated rings. The SMILES string of the molecule is C=C/C=C\C(=C(\CO)C(C)c1cc(NC(=NC)c2ccccc2)nc(N)n1)n1ccc2cc(C3CC3)ccc2c1=O. The van der Waals surface area contributed by atoms with Crippen molar-refractivity contribution < 1.29 is 5.11 Å². The van der Waals surface area contributed by atoms with E-state index in [0.29, 0.717) is 39.9 Å². The summed E-state index contributed by atoms with van der Waals surface area (Å²) in [6.45, 7) is 5.40. The molecule has 208 valence electrons. The van der Waals surface area contributed by atoms with Crippen LogP contribution in [0.2, 0.25) is 0 Å². The molecule has 5 rings (SSSR count). The lowest BCUT2D eigenvalue weighted by molar-refractivity contribution is 0.323. The zero-order valence-electron chi connectivity index (χ0n) is 23.3. The number of aliphatic hydroxyl groups is 1. The predicted molar refractivity (Wildman–Crippen MR) is 167 cm³/mol. The topological polar surface area (TPSA) is 118 Å². The lowest BCUT2D eigenvalue weighted by atomic mass is 9.95. The summed E-state index contributed by atoms with van der Waals surface area (Å²) in [5.74, 6) is 1.37. The van der Waals surface area contributed by atoms with Crippen molar-refractivity contribution in [1.82, 2.24) is 14.5 Å². The Labute approximate surface area is 239 Å². The highest BCUT2D eigenvalue weighted by Crippen LogP contribution is 2.40. The molecule has 1 saturated carbocycles. The fraction of sp³-hybridized carbons (Fsp3) is 0.212. The number of amidine groups is 1. The van der Waals surface area contributed by atoms with E-state index < -0.39 is 5.92 Å². The van der Waals surface area contributed by atoms with Gasteiger partial charge in [-0.1, -0.05) is 68.1 Å². The Kier molecular flexibility index (Phi) is 8.21. The number of hydrogen-bond donors (Lipinski definition) is 3. The second kappa shape index (κ2) is 12.1. The zero-order chi connectivity index (χ0) is 28.9. The van der Waals surface area contributed by atoms with Gasteiger partial charge in [-0.05, 0) is 53.5 Å². The van der Waals surface area contributed by atoms with Gasteiger partial charge < -0.3 is 16.2 Å². The van der Waals surface area contributed by atoms with Crippen molar-refractivity contribution in [3.63, 3.8) is 0 Å². The molecule has 4 aromatic rings. The Bertz CT molecular complexity index is 1730. The maximum atomic E-state index is 13.7. The van der Waals surface area contributed by atoms with Gasteiger partial charge in [-0.3, -0.25) is 14.4 Å². The molecule has 2 aromatic carbocycles. The van der Waals surface area contributed by atoms with Gasteiger partial charge in [0.2, 0.25) is 5.95 Å². The van der Waals surface area contributed by atoms with Gasteiger partial charge >= 0.3 is 0 Å². The van der Waals surface area contributed by atoms with Crippen molar-refractivity contribution >= 4 is 34.1 Å². The van der Waals surface area contributed by atoms with Gasteiger partial charge in [0.05, 0.1) is 18.0 Å². The molecule has 2 aromatic heterocycles. The van der Waals surface area contributed by atoms with Crippen molar-refractivity contribution in [2.24, 2.45) is 4.99 Å². The average Bonchev–Trinajstić information content (AvgIpc) is 3.84. The van der Waals surface area contributed by atoms with Gasteiger partial charge in [-0.2, -0.15) is 4.98 Å². The summed E-state index contributed by atoms with van der Waals surface area (Å²) >= 11 is 0. The minimum Gasteiger partial charge on any atom is -0.392 e. The number of nitrogens with zero attached hydrogens (tertiary/aromatic N) is 4. The molecule has 4 N–H and O–H groups in total. The van der Waals surface area contributed by atoms with Crippen molar-refractivity contribution in [3.05, 3.63) is 124 Å². The van der Waals surface area contributed by atoms with Gasteiger partial charge in [-0.25, -0.2) is 4.98 Å². The molecule has 0 spiro atoms. The largest absolute Gasteiger partial charge is 0.392 e. The highest BCUT2D eigenvalue weighted by molar-refractivity contribution is 6.07. The number of benzene rings is 2. The van der Waals surface area contributed by atoms with E-state index in [-0.39, 0.29) is 18.1 Å². The maximum Gasteiger partial charge on any atom is 0.262 e. The van der Waals surface area contributed by atoms with Crippen LogP contribution in [0.3, 0.4) is 0 Å². The molecule has 0 amide bonds. The van der Waals surface area contributed by atoms with E-state index in [1.54, 1.807) is 42.1 Å². The lowest BCUT2D eigenvalue weighted by Gasteiger charge is -2.20. The smallest absolute Gasteiger partial charge is 0.262 e. The van der Waals surface area contributed by atoms with Crippen LogP contribution in [0.25, 0.3) is 16.5 Å². The molecule has 0 radical (unpaired) electrons. The van der Waals surface area contributed by atoms with Crippen molar-refractivity contribution in [3.8, 4) is 0 Å². The van der Waals surface area contributed by atoms with Crippen LogP contribution in [0.4, 0.5) is 11.8 Å². The van der Waals surface area contributed by atoms with Crippen molar-refractivity contribution in [1.29, 1.82) is 0 Å². The quantitative estimate of drug-likeness (QED) is 0.145. The summed E-state index contributed by atoms with van der Waals surface area (Å²) in [6.07, 6.45) is 9.31. The summed E-state index contributed by atoms with van der Waals surface area (Å²) in [4.78, 5) is 26.9. The molecule has 0 bridgehead atoms. The third-order valence-corrected chi connectivity index (χ3v) is 7.37. The fourth-order valence-electron chi connectivity index (χ4n) is 4.99. The second-order valence-corrected chi connectivity index (χ2v) is 10.1. The highest BCUT2D eigenvalue weighted by Gasteiger charge is 2.24. The lowest BCUT2D eigenvalue weighted by Crippen LogP contribution is -2.21. The number of aliphatic imine (C=N–C) groups is 1. The van der Waals surface area contributed by atoms with Crippen LogP contribution in [0.15, 0.2) is 107 Å². The fourth-order valence-corrected chi connectivity index (χ4v) is 4.99. The number of nitrogens with one attached hydrogen (secondary N) is 1. The van der Waals surface area contributed by atoms with Crippen LogP contribution in [-0.2, 0) is 0 Å². The molecule has 41 heavy (non-hydrogen) atoms. The first kappa shape index (κ1) is 27.7. The first-order chi connectivity index (χ1) is 19.9. The monoisotopic (exact) mass is 546 g/mol. The number of nitrogen functional groups attached to an aromatic ring is 1.